The molecule has 5 heteroatoms. The van der Waals surface area contributed by atoms with E-state index in [0.29, 0.717) is 0 Å². The van der Waals surface area contributed by atoms with Gasteiger partial charge in [-0.2, -0.15) is 0 Å². The summed E-state index contributed by atoms with van der Waals surface area (Å²) >= 11 is 0. The molecular formula is C12H16NO4. The van der Waals surface area contributed by atoms with Crippen LogP contribution >= 0.6 is 0 Å². The molecule has 2 unspecified atom stereocenters. The van der Waals surface area contributed by atoms with E-state index in [4.69, 9.17) is 20.3 Å². The maximum atomic E-state index is 11.4. The number of hydrogen-bond acceptors (Lipinski definition) is 5. The van der Waals surface area contributed by atoms with E-state index >= 15 is 0 Å². The normalized spacial score (nSPS) is 14.1. The van der Waals surface area contributed by atoms with Gasteiger partial charge in [0.1, 0.15) is 12.6 Å². The molecule has 0 aliphatic heterocycles. The molecule has 0 fully saturated rings. The van der Waals surface area contributed by atoms with Crippen LogP contribution in [0.5, 0.6) is 0 Å². The van der Waals surface area contributed by atoms with Crippen LogP contribution in [0.15, 0.2) is 30.3 Å². The average molecular weight is 238 g/mol. The maximum absolute atomic E-state index is 11.4. The van der Waals surface area contributed by atoms with Crippen LogP contribution in [0, 0.1) is 6.92 Å². The van der Waals surface area contributed by atoms with Crippen molar-refractivity contribution in [3.8, 4) is 0 Å². The number of benzene rings is 1. The number of hydrogen-bond donors (Lipinski definition) is 2. The quantitative estimate of drug-likeness (QED) is 0.547. The summed E-state index contributed by atoms with van der Waals surface area (Å²) in [5.74, 6) is -0.575. The minimum absolute atomic E-state index is 0.127. The molecule has 0 spiro atoms. The zero-order valence-electron chi connectivity index (χ0n) is 9.41. The van der Waals surface area contributed by atoms with Gasteiger partial charge in [0.15, 0.2) is 6.29 Å². The van der Waals surface area contributed by atoms with Crippen molar-refractivity contribution < 1.29 is 19.4 Å². The molecule has 0 aromatic heterocycles. The lowest BCUT2D eigenvalue weighted by Crippen LogP contribution is -2.37. The van der Waals surface area contributed by atoms with Gasteiger partial charge in [-0.3, -0.25) is 4.79 Å². The number of nitrogens with two attached hydrogens (primary N) is 1. The van der Waals surface area contributed by atoms with E-state index in [2.05, 4.69) is 6.92 Å². The molecule has 0 saturated carbocycles. The molecule has 5 nitrogen and oxygen atoms in total. The first-order valence-corrected chi connectivity index (χ1v) is 5.18. The van der Waals surface area contributed by atoms with Crippen LogP contribution in [-0.4, -0.2) is 30.0 Å². The summed E-state index contributed by atoms with van der Waals surface area (Å²) in [6.45, 7) is 3.23. The second kappa shape index (κ2) is 7.01. The molecule has 17 heavy (non-hydrogen) atoms. The molecule has 0 heterocycles. The molecule has 1 aromatic rings. The summed E-state index contributed by atoms with van der Waals surface area (Å²) in [5, 5.41) is 8.75. The van der Waals surface area contributed by atoms with Crippen LogP contribution in [0.4, 0.5) is 0 Å². The van der Waals surface area contributed by atoms with Gasteiger partial charge < -0.3 is 20.3 Å². The number of carbonyl (C=O) groups is 1. The number of carbonyl (C=O) groups excluding carboxylic acids is 1. The van der Waals surface area contributed by atoms with Gasteiger partial charge in [0, 0.05) is 6.92 Å². The summed E-state index contributed by atoms with van der Waals surface area (Å²) in [5.41, 5.74) is 6.37. The van der Waals surface area contributed by atoms with Crippen LogP contribution in [0.25, 0.3) is 0 Å². The minimum Gasteiger partial charge on any atom is -0.460 e. The molecule has 1 radical (unpaired) electrons. The van der Waals surface area contributed by atoms with Gasteiger partial charge in [-0.25, -0.2) is 0 Å². The summed E-state index contributed by atoms with van der Waals surface area (Å²) < 4.78 is 9.67. The number of aliphatic hydroxyl groups is 1. The van der Waals surface area contributed by atoms with E-state index in [1.807, 2.05) is 30.3 Å². The molecule has 3 N–H and O–H groups in total. The van der Waals surface area contributed by atoms with Gasteiger partial charge >= 0.3 is 5.97 Å². The Hall–Kier alpha value is -1.43. The predicted octanol–water partition coefficient (Wildman–Crippen LogP) is 0.226. The van der Waals surface area contributed by atoms with Gasteiger partial charge in [-0.05, 0) is 5.56 Å². The molecule has 0 aliphatic carbocycles. The largest absolute Gasteiger partial charge is 0.460 e. The summed E-state index contributed by atoms with van der Waals surface area (Å²) in [4.78, 5) is 11.4. The lowest BCUT2D eigenvalue weighted by molar-refractivity contribution is -0.150. The molecule has 0 bridgehead atoms. The second-order valence-electron chi connectivity index (χ2n) is 3.49. The Morgan fingerprint density at radius 1 is 1.41 bits per heavy atom. The minimum atomic E-state index is -1.19. The Balaban J connectivity index is 2.29. The van der Waals surface area contributed by atoms with Crippen LogP contribution in [0.2, 0.25) is 0 Å². The van der Waals surface area contributed by atoms with Crippen molar-refractivity contribution in [3.05, 3.63) is 42.8 Å². The first-order chi connectivity index (χ1) is 8.09. The first-order valence-electron chi connectivity index (χ1n) is 5.18. The van der Waals surface area contributed by atoms with Gasteiger partial charge in [0.05, 0.1) is 6.61 Å². The van der Waals surface area contributed by atoms with E-state index in [-0.39, 0.29) is 13.2 Å². The van der Waals surface area contributed by atoms with Crippen molar-refractivity contribution in [1.29, 1.82) is 0 Å². The van der Waals surface area contributed by atoms with Crippen molar-refractivity contribution in [1.82, 2.24) is 0 Å². The summed E-state index contributed by atoms with van der Waals surface area (Å²) in [6.07, 6.45) is -1.19. The topological polar surface area (TPSA) is 81.8 Å². The highest BCUT2D eigenvalue weighted by molar-refractivity contribution is 5.75. The van der Waals surface area contributed by atoms with E-state index in [1.54, 1.807) is 0 Å². The number of rotatable bonds is 6. The van der Waals surface area contributed by atoms with E-state index in [9.17, 15) is 4.79 Å². The molecule has 1 rings (SSSR count). The monoisotopic (exact) mass is 238 g/mol. The Bertz CT molecular complexity index is 340. The standard InChI is InChI=1S/C12H16NO4/c1-9(14)16-8-11(13)12(15)17-7-10-5-3-2-4-6-10/h2-6,9,11,14H,1,7-8,13H2. The number of aliphatic hydroxyl groups excluding tert-OH is 1. The van der Waals surface area contributed by atoms with Crippen molar-refractivity contribution in [2.75, 3.05) is 6.61 Å². The molecule has 0 amide bonds. The molecule has 0 aliphatic rings. The highest BCUT2D eigenvalue weighted by Crippen LogP contribution is 2.01. The smallest absolute Gasteiger partial charge is 0.325 e. The predicted molar refractivity (Wildman–Crippen MR) is 61.5 cm³/mol. The Morgan fingerprint density at radius 2 is 2.06 bits per heavy atom. The molecular weight excluding hydrogens is 222 g/mol. The van der Waals surface area contributed by atoms with Gasteiger partial charge in [0.25, 0.3) is 0 Å². The van der Waals surface area contributed by atoms with Gasteiger partial charge in [-0.1, -0.05) is 30.3 Å². The molecule has 0 saturated heterocycles. The van der Waals surface area contributed by atoms with Crippen LogP contribution < -0.4 is 5.73 Å². The van der Waals surface area contributed by atoms with Gasteiger partial charge in [-0.15, -0.1) is 0 Å². The highest BCUT2D eigenvalue weighted by Gasteiger charge is 2.16. The lowest BCUT2D eigenvalue weighted by Gasteiger charge is -2.13. The Kier molecular flexibility index (Phi) is 5.62. The van der Waals surface area contributed by atoms with Crippen molar-refractivity contribution in [2.24, 2.45) is 5.73 Å². The SMILES string of the molecule is [CH2]C(O)OCC(N)C(=O)OCc1ccccc1. The fourth-order valence-corrected chi connectivity index (χ4v) is 1.12. The van der Waals surface area contributed by atoms with E-state index in [0.717, 1.165) is 5.56 Å². The summed E-state index contributed by atoms with van der Waals surface area (Å²) in [6, 6.07) is 8.34. The molecule has 2 atom stereocenters. The highest BCUT2D eigenvalue weighted by atomic mass is 16.6. The third kappa shape index (κ3) is 5.44. The maximum Gasteiger partial charge on any atom is 0.325 e. The van der Waals surface area contributed by atoms with E-state index < -0.39 is 18.3 Å². The van der Waals surface area contributed by atoms with Crippen molar-refractivity contribution in [2.45, 2.75) is 18.9 Å². The van der Waals surface area contributed by atoms with Crippen molar-refractivity contribution >= 4 is 5.97 Å². The molecule has 1 aromatic carbocycles. The fourth-order valence-electron chi connectivity index (χ4n) is 1.12. The van der Waals surface area contributed by atoms with Crippen LogP contribution in [0.3, 0.4) is 0 Å². The zero-order chi connectivity index (χ0) is 12.7. The zero-order valence-corrected chi connectivity index (χ0v) is 9.41. The lowest BCUT2D eigenvalue weighted by atomic mass is 10.2. The number of esters is 1. The Labute approximate surface area is 100 Å². The second-order valence-corrected chi connectivity index (χ2v) is 3.49. The number of ether oxygens (including phenoxy) is 2. The third-order valence-corrected chi connectivity index (χ3v) is 1.99. The Morgan fingerprint density at radius 3 is 2.65 bits per heavy atom. The van der Waals surface area contributed by atoms with Crippen LogP contribution in [-0.2, 0) is 20.9 Å². The average Bonchev–Trinajstić information content (AvgIpc) is 2.34. The first kappa shape index (κ1) is 13.6. The van der Waals surface area contributed by atoms with Crippen LogP contribution in [0.1, 0.15) is 5.56 Å². The third-order valence-electron chi connectivity index (χ3n) is 1.99. The molecule has 93 valence electrons. The fraction of sp³-hybridized carbons (Fsp3) is 0.333. The van der Waals surface area contributed by atoms with Crippen molar-refractivity contribution in [3.63, 3.8) is 0 Å². The van der Waals surface area contributed by atoms with Gasteiger partial charge in [0.2, 0.25) is 0 Å². The summed E-state index contributed by atoms with van der Waals surface area (Å²) in [7, 11) is 0. The van der Waals surface area contributed by atoms with E-state index in [1.165, 1.54) is 0 Å².